The van der Waals surface area contributed by atoms with Crippen LogP contribution < -0.4 is 5.73 Å². The molecule has 70 valence electrons. The highest BCUT2D eigenvalue weighted by Crippen LogP contribution is 2.16. The van der Waals surface area contributed by atoms with E-state index in [1.807, 2.05) is 0 Å². The molecule has 1 aromatic rings. The van der Waals surface area contributed by atoms with Crippen molar-refractivity contribution in [3.63, 3.8) is 0 Å². The summed E-state index contributed by atoms with van der Waals surface area (Å²) in [5.74, 6) is -1.24. The van der Waals surface area contributed by atoms with Gasteiger partial charge < -0.3 is 15.8 Å². The molecule has 0 bridgehead atoms. The molecule has 0 amide bonds. The fourth-order valence-corrected chi connectivity index (χ4v) is 0.818. The van der Waals surface area contributed by atoms with Crippen LogP contribution in [-0.2, 0) is 4.79 Å². The fraction of sp³-hybridized carbons (Fsp3) is 0.167. The van der Waals surface area contributed by atoms with Gasteiger partial charge in [-0.1, -0.05) is 0 Å². The van der Waals surface area contributed by atoms with Crippen molar-refractivity contribution in [1.29, 1.82) is 0 Å². The molecule has 0 spiro atoms. The van der Waals surface area contributed by atoms with Gasteiger partial charge in [-0.25, -0.2) is 0 Å². The van der Waals surface area contributed by atoms with Gasteiger partial charge in [0, 0.05) is 6.07 Å². The van der Waals surface area contributed by atoms with Gasteiger partial charge in [0.2, 0.25) is 0 Å². The summed E-state index contributed by atoms with van der Waals surface area (Å²) in [5, 5.41) is 18.7. The Kier molecular flexibility index (Phi) is 2.29. The molecule has 0 aromatic carbocycles. The van der Waals surface area contributed by atoms with Crippen LogP contribution in [0.25, 0.3) is 0 Å². The maximum Gasteiger partial charge on any atom is 0.326 e. The minimum absolute atomic E-state index is 0.110. The summed E-state index contributed by atoms with van der Waals surface area (Å²) in [6.45, 7) is 0. The van der Waals surface area contributed by atoms with Crippen LogP contribution in [0.5, 0.6) is 0 Å². The molecular formula is C6H7N3O4. The monoisotopic (exact) mass is 185 g/mol. The van der Waals surface area contributed by atoms with E-state index in [9.17, 15) is 14.9 Å². The van der Waals surface area contributed by atoms with E-state index in [4.69, 9.17) is 10.8 Å². The Morgan fingerprint density at radius 3 is 2.77 bits per heavy atom. The van der Waals surface area contributed by atoms with Crippen LogP contribution in [0.3, 0.4) is 0 Å². The van der Waals surface area contributed by atoms with E-state index in [0.29, 0.717) is 0 Å². The maximum absolute atomic E-state index is 10.4. The number of hydrogen-bond donors (Lipinski definition) is 3. The van der Waals surface area contributed by atoms with Gasteiger partial charge in [-0.15, -0.1) is 0 Å². The van der Waals surface area contributed by atoms with Gasteiger partial charge in [0.15, 0.2) is 0 Å². The highest BCUT2D eigenvalue weighted by Gasteiger charge is 2.19. The summed E-state index contributed by atoms with van der Waals surface area (Å²) >= 11 is 0. The number of carbonyl (C=O) groups is 1. The molecule has 13 heavy (non-hydrogen) atoms. The number of rotatable bonds is 3. The van der Waals surface area contributed by atoms with E-state index in [1.54, 1.807) is 0 Å². The smallest absolute Gasteiger partial charge is 0.326 e. The first-order chi connectivity index (χ1) is 6.02. The summed E-state index contributed by atoms with van der Waals surface area (Å²) in [4.78, 5) is 22.4. The largest absolute Gasteiger partial charge is 0.480 e. The molecule has 0 saturated heterocycles. The predicted molar refractivity (Wildman–Crippen MR) is 42.0 cm³/mol. The number of aromatic amines is 1. The SMILES string of the molecule is N[C@H](C(=O)O)c1cc([N+](=O)[O-])c[nH]1. The van der Waals surface area contributed by atoms with E-state index in [0.717, 1.165) is 12.3 Å². The van der Waals surface area contributed by atoms with Crippen molar-refractivity contribution in [1.82, 2.24) is 4.98 Å². The first kappa shape index (κ1) is 9.20. The minimum Gasteiger partial charge on any atom is -0.480 e. The summed E-state index contributed by atoms with van der Waals surface area (Å²) in [6.07, 6.45) is 1.10. The van der Waals surface area contributed by atoms with Gasteiger partial charge in [0.1, 0.15) is 6.04 Å². The van der Waals surface area contributed by atoms with Crippen LogP contribution in [0.1, 0.15) is 11.7 Å². The summed E-state index contributed by atoms with van der Waals surface area (Å²) in [6, 6.07) is -0.160. The Balaban J connectivity index is 2.91. The normalized spacial score (nSPS) is 12.4. The Labute approximate surface area is 72.3 Å². The Morgan fingerprint density at radius 1 is 1.77 bits per heavy atom. The van der Waals surface area contributed by atoms with E-state index in [2.05, 4.69) is 4.98 Å². The number of H-pyrrole nitrogens is 1. The van der Waals surface area contributed by atoms with E-state index >= 15 is 0 Å². The molecule has 1 rings (SSSR count). The van der Waals surface area contributed by atoms with Crippen molar-refractivity contribution in [2.75, 3.05) is 0 Å². The third kappa shape index (κ3) is 1.82. The van der Waals surface area contributed by atoms with Crippen molar-refractivity contribution in [3.05, 3.63) is 28.1 Å². The van der Waals surface area contributed by atoms with Crippen molar-refractivity contribution >= 4 is 11.7 Å². The second-order valence-electron chi connectivity index (χ2n) is 2.39. The summed E-state index contributed by atoms with van der Waals surface area (Å²) in [5.41, 5.74) is 5.11. The molecule has 1 aromatic heterocycles. The molecule has 0 radical (unpaired) electrons. The van der Waals surface area contributed by atoms with Crippen LogP contribution >= 0.6 is 0 Å². The maximum atomic E-state index is 10.4. The Bertz CT molecular complexity index is 345. The number of nitro groups is 1. The molecule has 7 heteroatoms. The molecule has 4 N–H and O–H groups in total. The second kappa shape index (κ2) is 3.23. The highest BCUT2D eigenvalue weighted by molar-refractivity contribution is 5.74. The third-order valence-corrected chi connectivity index (χ3v) is 1.50. The number of nitrogens with one attached hydrogen (secondary N) is 1. The van der Waals surface area contributed by atoms with Crippen molar-refractivity contribution < 1.29 is 14.8 Å². The average Bonchev–Trinajstić information content (AvgIpc) is 2.50. The average molecular weight is 185 g/mol. The minimum atomic E-state index is -1.26. The van der Waals surface area contributed by atoms with Crippen LogP contribution in [0, 0.1) is 10.1 Å². The van der Waals surface area contributed by atoms with Gasteiger partial charge in [-0.05, 0) is 0 Å². The molecule has 1 heterocycles. The van der Waals surface area contributed by atoms with Crippen molar-refractivity contribution in [2.45, 2.75) is 6.04 Å². The Hall–Kier alpha value is -1.89. The Morgan fingerprint density at radius 2 is 2.38 bits per heavy atom. The number of hydrogen-bond acceptors (Lipinski definition) is 4. The molecule has 0 saturated carbocycles. The van der Waals surface area contributed by atoms with Crippen LogP contribution in [-0.4, -0.2) is 21.0 Å². The predicted octanol–water partition coefficient (Wildman–Crippen LogP) is 0.00730. The zero-order valence-corrected chi connectivity index (χ0v) is 6.43. The lowest BCUT2D eigenvalue weighted by Crippen LogP contribution is -2.20. The molecule has 1 atom stereocenters. The van der Waals surface area contributed by atoms with Crippen LogP contribution in [0.15, 0.2) is 12.3 Å². The van der Waals surface area contributed by atoms with Gasteiger partial charge in [0.05, 0.1) is 16.8 Å². The molecule has 0 aliphatic rings. The molecule has 0 aliphatic heterocycles. The number of aliphatic carboxylic acids is 1. The number of carboxylic acid groups (broad SMARTS) is 1. The van der Waals surface area contributed by atoms with Crippen molar-refractivity contribution in [3.8, 4) is 0 Å². The van der Waals surface area contributed by atoms with Gasteiger partial charge in [-0.2, -0.15) is 0 Å². The van der Waals surface area contributed by atoms with Gasteiger partial charge in [0.25, 0.3) is 5.69 Å². The fourth-order valence-electron chi connectivity index (χ4n) is 0.818. The van der Waals surface area contributed by atoms with E-state index < -0.39 is 16.9 Å². The molecule has 0 aliphatic carbocycles. The highest BCUT2D eigenvalue weighted by atomic mass is 16.6. The lowest BCUT2D eigenvalue weighted by molar-refractivity contribution is -0.384. The third-order valence-electron chi connectivity index (χ3n) is 1.50. The van der Waals surface area contributed by atoms with Crippen LogP contribution in [0.2, 0.25) is 0 Å². The van der Waals surface area contributed by atoms with Gasteiger partial charge in [-0.3, -0.25) is 14.9 Å². The molecule has 0 fully saturated rings. The molecule has 7 nitrogen and oxygen atoms in total. The van der Waals surface area contributed by atoms with Crippen molar-refractivity contribution in [2.24, 2.45) is 5.73 Å². The lowest BCUT2D eigenvalue weighted by Gasteiger charge is -2.00. The summed E-state index contributed by atoms with van der Waals surface area (Å²) in [7, 11) is 0. The topological polar surface area (TPSA) is 122 Å². The standard InChI is InChI=1S/C6H7N3O4/c7-5(6(10)11)4-1-3(2-8-4)9(12)13/h1-2,5,8H,7H2,(H,10,11)/t5-/m0/s1. The lowest BCUT2D eigenvalue weighted by atomic mass is 10.2. The quantitative estimate of drug-likeness (QED) is 0.452. The molecular weight excluding hydrogens is 178 g/mol. The number of nitrogens with zero attached hydrogens (tertiary/aromatic N) is 1. The van der Waals surface area contributed by atoms with E-state index in [1.165, 1.54) is 0 Å². The first-order valence-corrected chi connectivity index (χ1v) is 3.33. The number of carboxylic acids is 1. The zero-order chi connectivity index (χ0) is 10.0. The summed E-state index contributed by atoms with van der Waals surface area (Å²) < 4.78 is 0. The van der Waals surface area contributed by atoms with Gasteiger partial charge >= 0.3 is 5.97 Å². The number of aromatic nitrogens is 1. The zero-order valence-electron chi connectivity index (χ0n) is 6.43. The first-order valence-electron chi connectivity index (χ1n) is 3.33. The molecule has 0 unspecified atom stereocenters. The van der Waals surface area contributed by atoms with Crippen LogP contribution in [0.4, 0.5) is 5.69 Å². The van der Waals surface area contributed by atoms with E-state index in [-0.39, 0.29) is 11.4 Å². The second-order valence-corrected chi connectivity index (χ2v) is 2.39. The number of nitrogens with two attached hydrogens (primary N) is 1.